The second-order valence-electron chi connectivity index (χ2n) is 5.02. The summed E-state index contributed by atoms with van der Waals surface area (Å²) in [6.07, 6.45) is 1.43. The van der Waals surface area contributed by atoms with Gasteiger partial charge >= 0.3 is 0 Å². The van der Waals surface area contributed by atoms with Gasteiger partial charge in [0.2, 0.25) is 0 Å². The van der Waals surface area contributed by atoms with Gasteiger partial charge in [-0.1, -0.05) is 35.0 Å². The van der Waals surface area contributed by atoms with E-state index in [4.69, 9.17) is 4.74 Å². The zero-order valence-electron chi connectivity index (χ0n) is 11.7. The molecule has 0 radical (unpaired) electrons. The summed E-state index contributed by atoms with van der Waals surface area (Å²) in [4.78, 5) is 2.55. The minimum atomic E-state index is 0.306. The summed E-state index contributed by atoms with van der Waals surface area (Å²) in [6, 6.07) is 9.14. The predicted octanol–water partition coefficient (Wildman–Crippen LogP) is 2.82. The zero-order valence-corrected chi connectivity index (χ0v) is 13.3. The lowest BCUT2D eigenvalue weighted by molar-refractivity contribution is -0.0424. The Morgan fingerprint density at radius 3 is 3.05 bits per heavy atom. The average Bonchev–Trinajstić information content (AvgIpc) is 2.41. The molecule has 1 N–H and O–H groups in total. The first-order valence-corrected chi connectivity index (χ1v) is 7.79. The van der Waals surface area contributed by atoms with Crippen LogP contribution >= 0.6 is 15.9 Å². The molecule has 1 aliphatic heterocycles. The summed E-state index contributed by atoms with van der Waals surface area (Å²) in [5, 5.41) is 3.20. The van der Waals surface area contributed by atoms with Gasteiger partial charge in [0, 0.05) is 30.1 Å². The van der Waals surface area contributed by atoms with Gasteiger partial charge in [0.1, 0.15) is 0 Å². The molecule has 106 valence electrons. The van der Waals surface area contributed by atoms with E-state index >= 15 is 0 Å². The molecule has 1 aromatic rings. The number of hydrogen-bond donors (Lipinski definition) is 1. The summed E-state index contributed by atoms with van der Waals surface area (Å²) >= 11 is 3.57. The lowest BCUT2D eigenvalue weighted by Gasteiger charge is -2.38. The van der Waals surface area contributed by atoms with Gasteiger partial charge in [-0.25, -0.2) is 0 Å². The van der Waals surface area contributed by atoms with Crippen molar-refractivity contribution >= 4 is 15.9 Å². The molecule has 2 rings (SSSR count). The molecule has 3 nitrogen and oxygen atoms in total. The normalized spacial score (nSPS) is 22.4. The van der Waals surface area contributed by atoms with Crippen molar-refractivity contribution in [1.82, 2.24) is 10.2 Å². The molecule has 0 aliphatic carbocycles. The van der Waals surface area contributed by atoms with E-state index in [2.05, 4.69) is 57.3 Å². The van der Waals surface area contributed by atoms with Crippen LogP contribution in [0.5, 0.6) is 0 Å². The van der Waals surface area contributed by atoms with E-state index in [1.807, 2.05) is 7.05 Å². The predicted molar refractivity (Wildman–Crippen MR) is 82.4 cm³/mol. The Morgan fingerprint density at radius 1 is 1.53 bits per heavy atom. The summed E-state index contributed by atoms with van der Waals surface area (Å²) in [7, 11) is 1.98. The Labute approximate surface area is 124 Å². The number of likely N-dealkylation sites (N-methyl/N-ethyl adjacent to an activating group) is 1. The molecule has 1 heterocycles. The van der Waals surface area contributed by atoms with E-state index in [9.17, 15) is 0 Å². The third kappa shape index (κ3) is 4.02. The highest BCUT2D eigenvalue weighted by atomic mass is 79.9. The molecule has 2 atom stereocenters. The largest absolute Gasteiger partial charge is 0.374 e. The molecule has 0 bridgehead atoms. The molecule has 1 aliphatic rings. The highest BCUT2D eigenvalue weighted by Gasteiger charge is 2.26. The average molecular weight is 327 g/mol. The summed E-state index contributed by atoms with van der Waals surface area (Å²) in [5.41, 5.74) is 1.39. The maximum Gasteiger partial charge on any atom is 0.0826 e. The standard InChI is InChI=1S/C15H23BrN2O/c1-3-15(12-5-4-6-13(16)9-12)18-7-8-19-14(11-18)10-17-2/h4-6,9,14-15,17H,3,7-8,10-11H2,1-2H3. The van der Waals surface area contributed by atoms with E-state index in [-0.39, 0.29) is 0 Å². The Balaban J connectivity index is 2.08. The second kappa shape index (κ2) is 7.39. The summed E-state index contributed by atoms with van der Waals surface area (Å²) in [6.45, 7) is 6.04. The van der Waals surface area contributed by atoms with Crippen molar-refractivity contribution in [3.8, 4) is 0 Å². The van der Waals surface area contributed by atoms with Crippen LogP contribution in [-0.2, 0) is 4.74 Å². The van der Waals surface area contributed by atoms with Gasteiger partial charge in [0.15, 0.2) is 0 Å². The first kappa shape index (κ1) is 15.0. The van der Waals surface area contributed by atoms with Crippen molar-refractivity contribution < 1.29 is 4.74 Å². The SMILES string of the molecule is CCC(c1cccc(Br)c1)N1CCOC(CNC)C1. The molecule has 1 aromatic carbocycles. The molecule has 2 unspecified atom stereocenters. The maximum absolute atomic E-state index is 5.79. The number of benzene rings is 1. The van der Waals surface area contributed by atoms with Gasteiger partial charge in [0.05, 0.1) is 12.7 Å². The summed E-state index contributed by atoms with van der Waals surface area (Å²) in [5.74, 6) is 0. The van der Waals surface area contributed by atoms with Crippen LogP contribution in [0.1, 0.15) is 24.9 Å². The fraction of sp³-hybridized carbons (Fsp3) is 0.600. The lowest BCUT2D eigenvalue weighted by Crippen LogP contribution is -2.47. The van der Waals surface area contributed by atoms with Crippen LogP contribution < -0.4 is 5.32 Å². The third-order valence-corrected chi connectivity index (χ3v) is 4.16. The quantitative estimate of drug-likeness (QED) is 0.900. The number of nitrogens with zero attached hydrogens (tertiary/aromatic N) is 1. The van der Waals surface area contributed by atoms with Gasteiger partial charge in [-0.15, -0.1) is 0 Å². The number of morpholine rings is 1. The van der Waals surface area contributed by atoms with E-state index in [0.717, 1.165) is 37.1 Å². The van der Waals surface area contributed by atoms with E-state index in [1.165, 1.54) is 5.56 Å². The van der Waals surface area contributed by atoms with Crippen LogP contribution in [-0.4, -0.2) is 44.3 Å². The molecule has 0 spiro atoms. The fourth-order valence-electron chi connectivity index (χ4n) is 2.79. The van der Waals surface area contributed by atoms with E-state index in [0.29, 0.717) is 12.1 Å². The first-order chi connectivity index (χ1) is 9.24. The smallest absolute Gasteiger partial charge is 0.0826 e. The van der Waals surface area contributed by atoms with Gasteiger partial charge in [0.25, 0.3) is 0 Å². The highest BCUT2D eigenvalue weighted by molar-refractivity contribution is 9.10. The minimum absolute atomic E-state index is 0.306. The Morgan fingerprint density at radius 2 is 2.37 bits per heavy atom. The molecular formula is C15H23BrN2O. The fourth-order valence-corrected chi connectivity index (χ4v) is 3.21. The van der Waals surface area contributed by atoms with Crippen molar-refractivity contribution in [3.63, 3.8) is 0 Å². The highest BCUT2D eigenvalue weighted by Crippen LogP contribution is 2.27. The van der Waals surface area contributed by atoms with E-state index < -0.39 is 0 Å². The van der Waals surface area contributed by atoms with Crippen molar-refractivity contribution in [2.75, 3.05) is 33.3 Å². The molecule has 1 fully saturated rings. The first-order valence-electron chi connectivity index (χ1n) is 7.00. The second-order valence-corrected chi connectivity index (χ2v) is 5.94. The van der Waals surface area contributed by atoms with E-state index in [1.54, 1.807) is 0 Å². The van der Waals surface area contributed by atoms with Crippen LogP contribution in [0.15, 0.2) is 28.7 Å². The Kier molecular flexibility index (Phi) is 5.82. The third-order valence-electron chi connectivity index (χ3n) is 3.66. The van der Waals surface area contributed by atoms with Crippen molar-refractivity contribution in [2.45, 2.75) is 25.5 Å². The summed E-state index contributed by atoms with van der Waals surface area (Å²) < 4.78 is 6.95. The lowest BCUT2D eigenvalue weighted by atomic mass is 10.0. The van der Waals surface area contributed by atoms with Crippen LogP contribution in [0.4, 0.5) is 0 Å². The van der Waals surface area contributed by atoms with Crippen LogP contribution in [0, 0.1) is 0 Å². The molecule has 1 saturated heterocycles. The van der Waals surface area contributed by atoms with Crippen LogP contribution in [0.3, 0.4) is 0 Å². The van der Waals surface area contributed by atoms with Gasteiger partial charge in [-0.3, -0.25) is 4.90 Å². The van der Waals surface area contributed by atoms with Gasteiger partial charge in [-0.05, 0) is 31.2 Å². The Hall–Kier alpha value is -0.420. The zero-order chi connectivity index (χ0) is 13.7. The molecule has 4 heteroatoms. The number of nitrogens with one attached hydrogen (secondary N) is 1. The van der Waals surface area contributed by atoms with Crippen molar-refractivity contribution in [3.05, 3.63) is 34.3 Å². The Bertz CT molecular complexity index is 397. The van der Waals surface area contributed by atoms with Crippen molar-refractivity contribution in [1.29, 1.82) is 0 Å². The van der Waals surface area contributed by atoms with Crippen LogP contribution in [0.25, 0.3) is 0 Å². The number of rotatable bonds is 5. The van der Waals surface area contributed by atoms with Crippen LogP contribution in [0.2, 0.25) is 0 Å². The van der Waals surface area contributed by atoms with Gasteiger partial charge < -0.3 is 10.1 Å². The molecule has 0 aromatic heterocycles. The topological polar surface area (TPSA) is 24.5 Å². The number of ether oxygens (including phenoxy) is 1. The number of hydrogen-bond acceptors (Lipinski definition) is 3. The van der Waals surface area contributed by atoms with Crippen molar-refractivity contribution in [2.24, 2.45) is 0 Å². The monoisotopic (exact) mass is 326 g/mol. The number of halogens is 1. The maximum atomic E-state index is 5.79. The molecule has 0 amide bonds. The molecule has 0 saturated carbocycles. The minimum Gasteiger partial charge on any atom is -0.374 e. The van der Waals surface area contributed by atoms with Gasteiger partial charge in [-0.2, -0.15) is 0 Å². The molecule has 19 heavy (non-hydrogen) atoms. The molecular weight excluding hydrogens is 304 g/mol.